The summed E-state index contributed by atoms with van der Waals surface area (Å²) in [5, 5.41) is 7.65. The van der Waals surface area contributed by atoms with Crippen molar-refractivity contribution < 1.29 is 18.9 Å². The first-order valence-electron chi connectivity index (χ1n) is 10.5. The highest BCUT2D eigenvalue weighted by Crippen LogP contribution is 2.22. The van der Waals surface area contributed by atoms with Gasteiger partial charge >= 0.3 is 0 Å². The van der Waals surface area contributed by atoms with Crippen LogP contribution in [0.3, 0.4) is 0 Å². The Morgan fingerprint density at radius 1 is 1.10 bits per heavy atom. The van der Waals surface area contributed by atoms with E-state index in [1.165, 1.54) is 11.8 Å². The molecule has 1 fully saturated rings. The van der Waals surface area contributed by atoms with Crippen LogP contribution in [-0.4, -0.2) is 59.2 Å². The molecule has 1 saturated heterocycles. The van der Waals surface area contributed by atoms with E-state index in [-0.39, 0.29) is 11.8 Å². The molecule has 0 atom stereocenters. The van der Waals surface area contributed by atoms with E-state index in [4.69, 9.17) is 4.42 Å². The third kappa shape index (κ3) is 4.54. The number of aryl methyl sites for hydroxylation is 2. The Balaban J connectivity index is 1.34. The van der Waals surface area contributed by atoms with Gasteiger partial charge in [0.1, 0.15) is 0 Å². The summed E-state index contributed by atoms with van der Waals surface area (Å²) in [5.41, 5.74) is 4.60. The first-order valence-corrected chi connectivity index (χ1v) is 10.5. The fourth-order valence-corrected chi connectivity index (χ4v) is 3.93. The second-order valence-corrected chi connectivity index (χ2v) is 8.04. The fraction of sp³-hybridized carbons (Fsp3) is 0.348. The molecule has 0 spiro atoms. The zero-order valence-electron chi connectivity index (χ0n) is 18.1. The zero-order valence-corrected chi connectivity index (χ0v) is 18.1. The maximum absolute atomic E-state index is 12.7. The average molecular weight is 423 g/mol. The predicted octanol–water partition coefficient (Wildman–Crippen LogP) is 1.37. The summed E-state index contributed by atoms with van der Waals surface area (Å²) in [5.74, 6) is 0.219. The van der Waals surface area contributed by atoms with E-state index in [0.717, 1.165) is 40.8 Å². The molecule has 0 radical (unpaired) electrons. The van der Waals surface area contributed by atoms with Crippen LogP contribution in [0, 0.1) is 20.8 Å². The van der Waals surface area contributed by atoms with Crippen LogP contribution in [0.2, 0.25) is 0 Å². The molecule has 0 aliphatic carbocycles. The highest BCUT2D eigenvalue weighted by molar-refractivity contribution is 5.93. The number of aromatic nitrogens is 2. The van der Waals surface area contributed by atoms with Gasteiger partial charge in [-0.25, -0.2) is 4.68 Å². The molecule has 3 aromatic rings. The maximum Gasteiger partial charge on any atom is 0.289 e. The summed E-state index contributed by atoms with van der Waals surface area (Å²) in [4.78, 5) is 28.0. The van der Waals surface area contributed by atoms with Crippen molar-refractivity contribution in [1.82, 2.24) is 14.7 Å². The molecule has 162 valence electrons. The molecule has 1 aliphatic heterocycles. The van der Waals surface area contributed by atoms with Gasteiger partial charge in [0, 0.05) is 0 Å². The van der Waals surface area contributed by atoms with Crippen molar-refractivity contribution in [1.29, 1.82) is 0 Å². The molecule has 4 rings (SSSR count). The molecular weight excluding hydrogens is 394 g/mol. The monoisotopic (exact) mass is 422 g/mol. The molecular formula is C23H28N5O3+. The van der Waals surface area contributed by atoms with Gasteiger partial charge in [-0.3, -0.25) is 9.59 Å². The van der Waals surface area contributed by atoms with E-state index < -0.39 is 0 Å². The molecule has 31 heavy (non-hydrogen) atoms. The smallest absolute Gasteiger partial charge is 0.289 e. The lowest BCUT2D eigenvalue weighted by Gasteiger charge is -2.31. The van der Waals surface area contributed by atoms with Crippen LogP contribution in [0.15, 0.2) is 47.1 Å². The highest BCUT2D eigenvalue weighted by atomic mass is 16.3. The number of hydrogen-bond donors (Lipinski definition) is 2. The highest BCUT2D eigenvalue weighted by Gasteiger charge is 2.27. The Morgan fingerprint density at radius 3 is 2.45 bits per heavy atom. The van der Waals surface area contributed by atoms with E-state index in [2.05, 4.69) is 10.4 Å². The first-order chi connectivity index (χ1) is 14.9. The summed E-state index contributed by atoms with van der Waals surface area (Å²) in [6, 6.07) is 11.5. The number of carbonyl (C=O) groups excluding carboxylic acids is 2. The number of anilines is 1. The number of amides is 2. The summed E-state index contributed by atoms with van der Waals surface area (Å²) < 4.78 is 7.06. The molecule has 0 bridgehead atoms. The molecule has 2 aromatic heterocycles. The molecule has 0 saturated carbocycles. The number of rotatable bonds is 5. The van der Waals surface area contributed by atoms with Crippen molar-refractivity contribution in [3.63, 3.8) is 0 Å². The van der Waals surface area contributed by atoms with E-state index in [0.29, 0.717) is 25.4 Å². The quantitative estimate of drug-likeness (QED) is 0.651. The number of quaternary nitrogens is 1. The van der Waals surface area contributed by atoms with E-state index in [1.54, 1.807) is 17.0 Å². The number of furan rings is 1. The van der Waals surface area contributed by atoms with Crippen molar-refractivity contribution >= 4 is 17.5 Å². The van der Waals surface area contributed by atoms with Crippen molar-refractivity contribution in [2.24, 2.45) is 0 Å². The number of hydrogen-bond acceptors (Lipinski definition) is 4. The molecule has 8 nitrogen and oxygen atoms in total. The van der Waals surface area contributed by atoms with Gasteiger partial charge in [0.15, 0.2) is 12.3 Å². The van der Waals surface area contributed by atoms with E-state index >= 15 is 0 Å². The standard InChI is InChI=1S/C23H27N5O3/c1-16-6-8-19(9-7-16)28-18(3)22(17(2)25-28)24-21(29)15-26-10-12-27(13-11-26)23(30)20-5-4-14-31-20/h4-9,14H,10-13,15H2,1-3H3,(H,24,29)/p+1. The van der Waals surface area contributed by atoms with Gasteiger partial charge in [-0.15, -0.1) is 0 Å². The average Bonchev–Trinajstić information content (AvgIpc) is 3.39. The maximum atomic E-state index is 12.7. The Labute approximate surface area is 181 Å². The zero-order chi connectivity index (χ0) is 22.0. The third-order valence-electron chi connectivity index (χ3n) is 5.73. The van der Waals surface area contributed by atoms with Gasteiger partial charge in [-0.2, -0.15) is 5.10 Å². The van der Waals surface area contributed by atoms with Gasteiger partial charge in [-0.05, 0) is 45.0 Å². The number of nitrogens with zero attached hydrogens (tertiary/aromatic N) is 3. The van der Waals surface area contributed by atoms with Crippen LogP contribution in [0.1, 0.15) is 27.5 Å². The van der Waals surface area contributed by atoms with Gasteiger partial charge in [-0.1, -0.05) is 17.7 Å². The van der Waals surface area contributed by atoms with E-state index in [9.17, 15) is 9.59 Å². The van der Waals surface area contributed by atoms with Crippen molar-refractivity contribution in [3.05, 3.63) is 65.4 Å². The van der Waals surface area contributed by atoms with Gasteiger partial charge in [0.05, 0.1) is 55.2 Å². The molecule has 1 aliphatic rings. The lowest BCUT2D eigenvalue weighted by Crippen LogP contribution is -3.15. The Morgan fingerprint density at radius 2 is 1.81 bits per heavy atom. The van der Waals surface area contributed by atoms with Crippen LogP contribution in [0.4, 0.5) is 5.69 Å². The summed E-state index contributed by atoms with van der Waals surface area (Å²) in [7, 11) is 0. The summed E-state index contributed by atoms with van der Waals surface area (Å²) in [6.07, 6.45) is 1.50. The summed E-state index contributed by atoms with van der Waals surface area (Å²) >= 11 is 0. The van der Waals surface area contributed by atoms with Crippen molar-refractivity contribution in [2.45, 2.75) is 20.8 Å². The third-order valence-corrected chi connectivity index (χ3v) is 5.73. The van der Waals surface area contributed by atoms with Gasteiger partial charge in [0.25, 0.3) is 11.8 Å². The molecule has 0 unspecified atom stereocenters. The molecule has 2 amide bonds. The van der Waals surface area contributed by atoms with Crippen LogP contribution in [0.5, 0.6) is 0 Å². The molecule has 8 heteroatoms. The van der Waals surface area contributed by atoms with Crippen LogP contribution in [-0.2, 0) is 4.79 Å². The van der Waals surface area contributed by atoms with Crippen LogP contribution in [0.25, 0.3) is 5.69 Å². The second-order valence-electron chi connectivity index (χ2n) is 8.04. The summed E-state index contributed by atoms with van der Waals surface area (Å²) in [6.45, 7) is 8.92. The fourth-order valence-electron chi connectivity index (χ4n) is 3.93. The Kier molecular flexibility index (Phi) is 5.90. The lowest BCUT2D eigenvalue weighted by atomic mass is 10.2. The van der Waals surface area contributed by atoms with Crippen molar-refractivity contribution in [2.75, 3.05) is 38.0 Å². The number of benzene rings is 1. The first kappa shape index (κ1) is 20.9. The normalized spacial score (nSPS) is 14.6. The SMILES string of the molecule is Cc1ccc(-n2nc(C)c(NC(=O)C[NH+]3CCN(C(=O)c4ccco4)CC3)c2C)cc1. The molecule has 3 heterocycles. The van der Waals surface area contributed by atoms with Gasteiger partial charge in [0.2, 0.25) is 0 Å². The number of carbonyl (C=O) groups is 2. The van der Waals surface area contributed by atoms with Crippen LogP contribution < -0.4 is 10.2 Å². The molecule has 1 aromatic carbocycles. The topological polar surface area (TPSA) is 84.8 Å². The van der Waals surface area contributed by atoms with E-state index in [1.807, 2.05) is 49.7 Å². The number of piperazine rings is 1. The minimum Gasteiger partial charge on any atom is -0.459 e. The Bertz CT molecular complexity index is 1060. The van der Waals surface area contributed by atoms with Crippen LogP contribution >= 0.6 is 0 Å². The lowest BCUT2D eigenvalue weighted by molar-refractivity contribution is -0.895. The second kappa shape index (κ2) is 8.77. The predicted molar refractivity (Wildman–Crippen MR) is 117 cm³/mol. The number of nitrogens with one attached hydrogen (secondary N) is 2. The minimum absolute atomic E-state index is 0.0459. The van der Waals surface area contributed by atoms with Gasteiger partial charge < -0.3 is 19.5 Å². The molecule has 2 N–H and O–H groups in total. The van der Waals surface area contributed by atoms with Crippen molar-refractivity contribution in [3.8, 4) is 5.69 Å². The minimum atomic E-state index is -0.0942. The largest absolute Gasteiger partial charge is 0.459 e. The Hall–Kier alpha value is -3.39.